The van der Waals surface area contributed by atoms with E-state index in [-0.39, 0.29) is 18.5 Å². The molecule has 0 spiro atoms. The summed E-state index contributed by atoms with van der Waals surface area (Å²) in [6.45, 7) is 4.85. The van der Waals surface area contributed by atoms with Crippen LogP contribution in [-0.2, 0) is 14.3 Å². The number of nitrogens with one attached hydrogen (secondary N) is 1. The molecule has 0 radical (unpaired) electrons. The Balaban J connectivity index is 3.52. The van der Waals surface area contributed by atoms with Crippen molar-refractivity contribution in [1.29, 1.82) is 0 Å². The molecule has 354 valence electrons. The molecule has 1 amide bonds. The van der Waals surface area contributed by atoms with Crippen LogP contribution < -0.4 is 5.32 Å². The number of allylic oxidation sites excluding steroid dienone is 3. The lowest BCUT2D eigenvalue weighted by Gasteiger charge is -2.20. The van der Waals surface area contributed by atoms with E-state index in [4.69, 9.17) is 4.74 Å². The first-order valence-corrected chi connectivity index (χ1v) is 26.6. The molecule has 6 nitrogen and oxygen atoms in total. The van der Waals surface area contributed by atoms with Gasteiger partial charge in [-0.1, -0.05) is 237 Å². The van der Waals surface area contributed by atoms with Crippen LogP contribution in [0.25, 0.3) is 0 Å². The molecule has 0 aromatic heterocycles. The van der Waals surface area contributed by atoms with Gasteiger partial charge < -0.3 is 20.3 Å². The molecule has 0 rings (SSSR count). The van der Waals surface area contributed by atoms with Gasteiger partial charge in [-0.05, 0) is 57.8 Å². The quantitative estimate of drug-likeness (QED) is 0.0322. The number of aliphatic hydroxyl groups is 2. The highest BCUT2D eigenvalue weighted by molar-refractivity contribution is 5.76. The highest BCUT2D eigenvalue weighted by Gasteiger charge is 2.18. The lowest BCUT2D eigenvalue weighted by molar-refractivity contribution is -0.143. The molecular weight excluding hydrogens is 743 g/mol. The van der Waals surface area contributed by atoms with Crippen molar-refractivity contribution in [3.8, 4) is 0 Å². The second-order valence-corrected chi connectivity index (χ2v) is 18.2. The first kappa shape index (κ1) is 58.3. The maximum absolute atomic E-state index is 12.4. The van der Waals surface area contributed by atoms with Gasteiger partial charge in [0.25, 0.3) is 0 Å². The van der Waals surface area contributed by atoms with E-state index in [0.717, 1.165) is 57.8 Å². The topological polar surface area (TPSA) is 95.9 Å². The molecule has 0 aromatic rings. The van der Waals surface area contributed by atoms with Crippen LogP contribution in [-0.4, -0.2) is 47.4 Å². The van der Waals surface area contributed by atoms with Gasteiger partial charge >= 0.3 is 5.97 Å². The summed E-state index contributed by atoms with van der Waals surface area (Å²) in [5.41, 5.74) is 0. The van der Waals surface area contributed by atoms with Crippen molar-refractivity contribution >= 4 is 11.9 Å². The van der Waals surface area contributed by atoms with Gasteiger partial charge in [0.15, 0.2) is 0 Å². The minimum Gasteiger partial charge on any atom is -0.466 e. The van der Waals surface area contributed by atoms with E-state index in [1.54, 1.807) is 6.08 Å². The van der Waals surface area contributed by atoms with E-state index in [9.17, 15) is 19.8 Å². The zero-order chi connectivity index (χ0) is 43.7. The van der Waals surface area contributed by atoms with E-state index in [1.807, 2.05) is 6.08 Å². The zero-order valence-electron chi connectivity index (χ0n) is 40.2. The standard InChI is InChI=1S/C54H103NO5/c1-3-5-7-9-11-13-15-17-19-20-21-22-23-24-26-30-34-38-42-46-52(57)51(50-56)55-53(58)47-43-39-35-31-28-29-33-37-41-45-49-60-54(59)48-44-40-36-32-27-25-18-16-14-12-10-8-6-4-2/h16,18,42,46,51-52,56-57H,3-15,17,19-41,43-45,47-50H2,1-2H3,(H,55,58)/b18-16-,46-42+. The summed E-state index contributed by atoms with van der Waals surface area (Å²) < 4.78 is 5.45. The molecule has 2 unspecified atom stereocenters. The Bertz CT molecular complexity index is 935. The summed E-state index contributed by atoms with van der Waals surface area (Å²) in [6, 6.07) is -0.645. The summed E-state index contributed by atoms with van der Waals surface area (Å²) >= 11 is 0. The second kappa shape index (κ2) is 50.0. The fourth-order valence-electron chi connectivity index (χ4n) is 8.10. The lowest BCUT2D eigenvalue weighted by atomic mass is 10.0. The highest BCUT2D eigenvalue weighted by Crippen LogP contribution is 2.16. The molecule has 0 heterocycles. The van der Waals surface area contributed by atoms with Crippen molar-refractivity contribution in [3.63, 3.8) is 0 Å². The Morgan fingerprint density at radius 3 is 1.18 bits per heavy atom. The molecule has 0 aromatic carbocycles. The van der Waals surface area contributed by atoms with Crippen molar-refractivity contribution < 1.29 is 24.5 Å². The van der Waals surface area contributed by atoms with Gasteiger partial charge in [0.2, 0.25) is 5.91 Å². The number of carbonyl (C=O) groups is 2. The number of hydrogen-bond acceptors (Lipinski definition) is 5. The molecular formula is C54H103NO5. The van der Waals surface area contributed by atoms with Crippen LogP contribution in [0.2, 0.25) is 0 Å². The van der Waals surface area contributed by atoms with Gasteiger partial charge in [0, 0.05) is 12.8 Å². The molecule has 0 fully saturated rings. The van der Waals surface area contributed by atoms with Crippen LogP contribution in [0, 0.1) is 0 Å². The van der Waals surface area contributed by atoms with Crippen molar-refractivity contribution in [1.82, 2.24) is 5.32 Å². The summed E-state index contributed by atoms with van der Waals surface area (Å²) in [5, 5.41) is 23.1. The normalized spacial score (nSPS) is 12.8. The SMILES string of the molecule is CCCCCCC/C=C\CCCCCCCC(=O)OCCCCCCCCCCCCC(=O)NC(CO)C(O)/C=C/CCCCCCCCCCCCCCCCCCC. The Hall–Kier alpha value is -1.66. The number of hydrogen-bond donors (Lipinski definition) is 3. The average Bonchev–Trinajstić information content (AvgIpc) is 3.25. The van der Waals surface area contributed by atoms with Crippen molar-refractivity contribution in [2.75, 3.05) is 13.2 Å². The average molecular weight is 846 g/mol. The van der Waals surface area contributed by atoms with Crippen LogP contribution in [0.3, 0.4) is 0 Å². The fourth-order valence-corrected chi connectivity index (χ4v) is 8.10. The number of ether oxygens (including phenoxy) is 1. The van der Waals surface area contributed by atoms with Crippen molar-refractivity contribution in [2.45, 2.75) is 296 Å². The minimum atomic E-state index is -0.859. The number of aliphatic hydroxyl groups excluding tert-OH is 2. The predicted molar refractivity (Wildman–Crippen MR) is 260 cm³/mol. The van der Waals surface area contributed by atoms with Crippen LogP contribution in [0.1, 0.15) is 284 Å². The Morgan fingerprint density at radius 1 is 0.450 bits per heavy atom. The molecule has 6 heteroatoms. The molecule has 2 atom stereocenters. The van der Waals surface area contributed by atoms with E-state index < -0.39 is 12.1 Å². The third kappa shape index (κ3) is 45.9. The van der Waals surface area contributed by atoms with Gasteiger partial charge in [-0.3, -0.25) is 9.59 Å². The van der Waals surface area contributed by atoms with Gasteiger partial charge in [-0.25, -0.2) is 0 Å². The molecule has 0 aliphatic rings. The van der Waals surface area contributed by atoms with Crippen LogP contribution in [0.15, 0.2) is 24.3 Å². The molecule has 0 aliphatic carbocycles. The predicted octanol–water partition coefficient (Wildman–Crippen LogP) is 15.9. The summed E-state index contributed by atoms with van der Waals surface area (Å²) in [5.74, 6) is -0.119. The first-order valence-electron chi connectivity index (χ1n) is 26.6. The van der Waals surface area contributed by atoms with E-state index >= 15 is 0 Å². The first-order chi connectivity index (χ1) is 29.5. The van der Waals surface area contributed by atoms with Crippen LogP contribution >= 0.6 is 0 Å². The van der Waals surface area contributed by atoms with Crippen LogP contribution in [0.4, 0.5) is 0 Å². The molecule has 0 aliphatic heterocycles. The molecule has 0 saturated carbocycles. The monoisotopic (exact) mass is 846 g/mol. The van der Waals surface area contributed by atoms with Crippen LogP contribution in [0.5, 0.6) is 0 Å². The number of unbranched alkanes of at least 4 members (excludes halogenated alkanes) is 36. The Labute approximate surface area is 373 Å². The molecule has 0 bridgehead atoms. The molecule has 0 saturated heterocycles. The maximum atomic E-state index is 12.4. The maximum Gasteiger partial charge on any atom is 0.305 e. The Kier molecular flexibility index (Phi) is 48.6. The number of amides is 1. The Morgan fingerprint density at radius 2 is 0.783 bits per heavy atom. The summed E-state index contributed by atoms with van der Waals surface area (Å²) in [4.78, 5) is 24.5. The molecule has 3 N–H and O–H groups in total. The minimum absolute atomic E-state index is 0.0292. The fraction of sp³-hybridized carbons (Fsp3) is 0.889. The van der Waals surface area contributed by atoms with Gasteiger partial charge in [0.1, 0.15) is 0 Å². The van der Waals surface area contributed by atoms with E-state index in [1.165, 1.54) is 199 Å². The van der Waals surface area contributed by atoms with Crippen molar-refractivity contribution in [3.05, 3.63) is 24.3 Å². The third-order valence-electron chi connectivity index (χ3n) is 12.2. The summed E-state index contributed by atoms with van der Waals surface area (Å²) in [7, 11) is 0. The number of rotatable bonds is 49. The smallest absolute Gasteiger partial charge is 0.305 e. The lowest BCUT2D eigenvalue weighted by Crippen LogP contribution is -2.45. The zero-order valence-corrected chi connectivity index (χ0v) is 40.2. The van der Waals surface area contributed by atoms with Crippen molar-refractivity contribution in [2.24, 2.45) is 0 Å². The van der Waals surface area contributed by atoms with E-state index in [2.05, 4.69) is 31.3 Å². The molecule has 60 heavy (non-hydrogen) atoms. The van der Waals surface area contributed by atoms with Gasteiger partial charge in [-0.2, -0.15) is 0 Å². The summed E-state index contributed by atoms with van der Waals surface area (Å²) in [6.07, 6.45) is 58.9. The largest absolute Gasteiger partial charge is 0.466 e. The van der Waals surface area contributed by atoms with Gasteiger partial charge in [0.05, 0.1) is 25.4 Å². The third-order valence-corrected chi connectivity index (χ3v) is 12.2. The van der Waals surface area contributed by atoms with E-state index in [0.29, 0.717) is 19.4 Å². The second-order valence-electron chi connectivity index (χ2n) is 18.2. The number of esters is 1. The van der Waals surface area contributed by atoms with Gasteiger partial charge in [-0.15, -0.1) is 0 Å². The number of carbonyl (C=O) groups excluding carboxylic acids is 2. The highest BCUT2D eigenvalue weighted by atomic mass is 16.5.